The van der Waals surface area contributed by atoms with Crippen molar-refractivity contribution < 1.29 is 14.1 Å². The van der Waals surface area contributed by atoms with E-state index in [1.165, 1.54) is 9.08 Å². The minimum atomic E-state index is -0.409. The smallest absolute Gasteiger partial charge is 0.492 e. The second-order valence-corrected chi connectivity index (χ2v) is 4.65. The molecule has 1 aromatic carbocycles. The van der Waals surface area contributed by atoms with E-state index in [0.717, 1.165) is 5.56 Å². The minimum absolute atomic E-state index is 0.170. The van der Waals surface area contributed by atoms with E-state index in [0.29, 0.717) is 18.9 Å². The molecule has 0 aliphatic heterocycles. The van der Waals surface area contributed by atoms with Crippen LogP contribution >= 0.6 is 0 Å². The van der Waals surface area contributed by atoms with Crippen LogP contribution in [0.5, 0.6) is 5.88 Å². The third-order valence-electron chi connectivity index (χ3n) is 3.44. The van der Waals surface area contributed by atoms with Crippen LogP contribution in [0.15, 0.2) is 39.5 Å². The highest BCUT2D eigenvalue weighted by Crippen LogP contribution is 2.18. The van der Waals surface area contributed by atoms with Crippen LogP contribution in [0.3, 0.4) is 0 Å². The van der Waals surface area contributed by atoms with Crippen molar-refractivity contribution in [3.63, 3.8) is 0 Å². The molecule has 3 rings (SSSR count). The number of benzene rings is 1. The molecule has 0 fully saturated rings. The Labute approximate surface area is 120 Å². The van der Waals surface area contributed by atoms with E-state index >= 15 is 0 Å². The molecule has 3 aromatic rings. The fourth-order valence-electron chi connectivity index (χ4n) is 2.33. The Bertz CT molecular complexity index is 850. The van der Waals surface area contributed by atoms with Crippen LogP contribution in [0.25, 0.3) is 17.3 Å². The number of hydrogen-bond donors (Lipinski definition) is 0. The van der Waals surface area contributed by atoms with E-state index in [9.17, 15) is 9.90 Å². The van der Waals surface area contributed by atoms with E-state index < -0.39 is 5.56 Å². The molecule has 0 aliphatic carbocycles. The Morgan fingerprint density at radius 2 is 2.00 bits per heavy atom. The molecule has 0 bridgehead atoms. The van der Waals surface area contributed by atoms with E-state index in [2.05, 4.69) is 5.10 Å². The summed E-state index contributed by atoms with van der Waals surface area (Å²) in [7, 11) is 0. The Morgan fingerprint density at radius 1 is 1.29 bits per heavy atom. The highest BCUT2D eigenvalue weighted by Gasteiger charge is 2.24. The van der Waals surface area contributed by atoms with Gasteiger partial charge in [-0.2, -0.15) is 0 Å². The topological polar surface area (TPSA) is 74.4 Å². The highest BCUT2D eigenvalue weighted by molar-refractivity contribution is 5.53. The molecule has 0 saturated carbocycles. The molecule has 0 amide bonds. The molecule has 0 aliphatic rings. The lowest BCUT2D eigenvalue weighted by Gasteiger charge is -2.10. The zero-order chi connectivity index (χ0) is 15.0. The molecule has 0 unspecified atom stereocenters. The van der Waals surface area contributed by atoms with Crippen LogP contribution in [0.4, 0.5) is 0 Å². The van der Waals surface area contributed by atoms with Gasteiger partial charge in [-0.25, -0.2) is 9.36 Å². The summed E-state index contributed by atoms with van der Waals surface area (Å²) < 4.78 is 8.26. The molecule has 108 valence electrons. The predicted molar refractivity (Wildman–Crippen MR) is 73.9 cm³/mol. The summed E-state index contributed by atoms with van der Waals surface area (Å²) in [5.74, 6) is 0.187. The highest BCUT2D eigenvalue weighted by atomic mass is 16.4. The third-order valence-corrected chi connectivity index (χ3v) is 3.44. The molecule has 0 atom stereocenters. The van der Waals surface area contributed by atoms with Gasteiger partial charge in [-0.1, -0.05) is 25.1 Å². The average Bonchev–Trinajstić information content (AvgIpc) is 2.94. The molecule has 0 N–H and O–H groups in total. The minimum Gasteiger partial charge on any atom is -0.842 e. The summed E-state index contributed by atoms with van der Waals surface area (Å²) in [6.45, 7) is 4.03. The SMILES string of the molecule is CCc1c([O-])[n+](CC)c2oc(-c3ccccc3)nn2c1=O. The summed E-state index contributed by atoms with van der Waals surface area (Å²) in [6, 6.07) is 9.28. The van der Waals surface area contributed by atoms with E-state index in [4.69, 9.17) is 4.42 Å². The average molecular weight is 285 g/mol. The molecule has 6 heteroatoms. The quantitative estimate of drug-likeness (QED) is 0.670. The first-order valence-corrected chi connectivity index (χ1v) is 6.88. The first kappa shape index (κ1) is 13.4. The third kappa shape index (κ3) is 1.99. The zero-order valence-corrected chi connectivity index (χ0v) is 11.9. The maximum Gasteiger partial charge on any atom is 0.492 e. The van der Waals surface area contributed by atoms with Crippen molar-refractivity contribution in [3.8, 4) is 17.3 Å². The van der Waals surface area contributed by atoms with Crippen molar-refractivity contribution >= 4 is 5.84 Å². The zero-order valence-electron chi connectivity index (χ0n) is 11.9. The van der Waals surface area contributed by atoms with E-state index in [-0.39, 0.29) is 17.3 Å². The normalized spacial score (nSPS) is 11.1. The van der Waals surface area contributed by atoms with Gasteiger partial charge in [0.05, 0.1) is 18.0 Å². The van der Waals surface area contributed by atoms with Crippen LogP contribution in [0.2, 0.25) is 0 Å². The van der Waals surface area contributed by atoms with Gasteiger partial charge in [-0.15, -0.1) is 0 Å². The van der Waals surface area contributed by atoms with Gasteiger partial charge < -0.3 is 9.52 Å². The fourth-order valence-corrected chi connectivity index (χ4v) is 2.33. The number of rotatable bonds is 3. The summed E-state index contributed by atoms with van der Waals surface area (Å²) in [5, 5.41) is 16.5. The summed E-state index contributed by atoms with van der Waals surface area (Å²) in [4.78, 5) is 12.3. The van der Waals surface area contributed by atoms with Crippen LogP contribution in [0, 0.1) is 0 Å². The number of aryl methyl sites for hydroxylation is 1. The van der Waals surface area contributed by atoms with Gasteiger partial charge >= 0.3 is 11.4 Å². The van der Waals surface area contributed by atoms with Crippen molar-refractivity contribution in [1.82, 2.24) is 9.61 Å². The van der Waals surface area contributed by atoms with Gasteiger partial charge in [-0.3, -0.25) is 0 Å². The standard InChI is InChI=1S/C15H15N3O3/c1-3-11-13(19)17(4-2)15-18(14(11)20)16-12(21-15)10-8-6-5-7-9-10/h5-9H,3-4H2,1-2H3. The largest absolute Gasteiger partial charge is 0.842 e. The number of nitrogens with zero attached hydrogens (tertiary/aromatic N) is 3. The second-order valence-electron chi connectivity index (χ2n) is 4.65. The van der Waals surface area contributed by atoms with Gasteiger partial charge in [0.1, 0.15) is 0 Å². The molecule has 0 saturated heterocycles. The maximum absolute atomic E-state index is 12.3. The Balaban J connectivity index is 2.36. The first-order chi connectivity index (χ1) is 10.2. The van der Waals surface area contributed by atoms with Gasteiger partial charge in [0.15, 0.2) is 0 Å². The first-order valence-electron chi connectivity index (χ1n) is 6.88. The molecule has 0 radical (unpaired) electrons. The Kier molecular flexibility index (Phi) is 3.21. The van der Waals surface area contributed by atoms with Gasteiger partial charge in [-0.05, 0) is 35.1 Å². The van der Waals surface area contributed by atoms with Crippen molar-refractivity contribution in [2.24, 2.45) is 0 Å². The molecule has 21 heavy (non-hydrogen) atoms. The summed E-state index contributed by atoms with van der Waals surface area (Å²) in [5.41, 5.74) is 0.573. The van der Waals surface area contributed by atoms with E-state index in [1.54, 1.807) is 6.92 Å². The molecule has 6 nitrogen and oxygen atoms in total. The van der Waals surface area contributed by atoms with Crippen molar-refractivity contribution in [1.29, 1.82) is 0 Å². The Morgan fingerprint density at radius 3 is 2.62 bits per heavy atom. The van der Waals surface area contributed by atoms with E-state index in [1.807, 2.05) is 37.3 Å². The molecule has 2 aromatic heterocycles. The second kappa shape index (κ2) is 5.05. The van der Waals surface area contributed by atoms with Gasteiger partial charge in [0.2, 0.25) is 0 Å². The molecular formula is C15H15N3O3. The van der Waals surface area contributed by atoms with Crippen molar-refractivity contribution in [3.05, 3.63) is 46.2 Å². The molecule has 0 spiro atoms. The van der Waals surface area contributed by atoms with Crippen LogP contribution in [-0.4, -0.2) is 9.61 Å². The predicted octanol–water partition coefficient (Wildman–Crippen LogP) is 0.898. The maximum atomic E-state index is 12.3. The number of aromatic nitrogens is 3. The van der Waals surface area contributed by atoms with Crippen molar-refractivity contribution in [2.45, 2.75) is 26.8 Å². The van der Waals surface area contributed by atoms with Crippen LogP contribution < -0.4 is 15.2 Å². The van der Waals surface area contributed by atoms with Crippen LogP contribution in [0.1, 0.15) is 19.4 Å². The lowest BCUT2D eigenvalue weighted by molar-refractivity contribution is -0.719. The lowest BCUT2D eigenvalue weighted by atomic mass is 10.2. The fraction of sp³-hybridized carbons (Fsp3) is 0.267. The summed E-state index contributed by atoms with van der Waals surface area (Å²) in [6.07, 6.45) is 0.369. The monoisotopic (exact) mass is 285 g/mol. The van der Waals surface area contributed by atoms with Gasteiger partial charge in [0.25, 0.3) is 5.89 Å². The summed E-state index contributed by atoms with van der Waals surface area (Å²) >= 11 is 0. The number of hydrogen-bond acceptors (Lipinski definition) is 4. The molecular weight excluding hydrogens is 270 g/mol. The van der Waals surface area contributed by atoms with Crippen LogP contribution in [-0.2, 0) is 13.0 Å². The number of fused-ring (bicyclic) bond motifs is 1. The Hall–Kier alpha value is -2.63. The lowest BCUT2D eigenvalue weighted by Crippen LogP contribution is -2.43. The van der Waals surface area contributed by atoms with Crippen molar-refractivity contribution in [2.75, 3.05) is 0 Å². The van der Waals surface area contributed by atoms with Gasteiger partial charge in [0, 0.05) is 5.56 Å². The molecule has 2 heterocycles.